The number of anilines is 1. The van der Waals surface area contributed by atoms with Gasteiger partial charge in [0.15, 0.2) is 5.17 Å². The number of aliphatic imine (C=N–C) groups is 1. The van der Waals surface area contributed by atoms with E-state index in [0.29, 0.717) is 10.1 Å². The number of carbonyl (C=O) groups excluding carboxylic acids is 1. The molecule has 5 heteroatoms. The first kappa shape index (κ1) is 20.9. The topological polar surface area (TPSA) is 35.9 Å². The van der Waals surface area contributed by atoms with E-state index in [0.717, 1.165) is 22.5 Å². The van der Waals surface area contributed by atoms with Crippen LogP contribution in [0.4, 0.5) is 11.4 Å². The van der Waals surface area contributed by atoms with E-state index in [2.05, 4.69) is 17.0 Å². The fourth-order valence-electron chi connectivity index (χ4n) is 3.42. The molecule has 1 heterocycles. The minimum absolute atomic E-state index is 0.0206. The van der Waals surface area contributed by atoms with E-state index in [9.17, 15) is 4.79 Å². The van der Waals surface area contributed by atoms with E-state index in [4.69, 9.17) is 4.99 Å². The molecule has 1 amide bonds. The first-order valence-electron chi connectivity index (χ1n) is 10.2. The molecule has 1 aliphatic rings. The van der Waals surface area contributed by atoms with Gasteiger partial charge in [0.1, 0.15) is 0 Å². The van der Waals surface area contributed by atoms with Crippen LogP contribution in [0.15, 0.2) is 94.8 Å². The van der Waals surface area contributed by atoms with Crippen LogP contribution in [0.1, 0.15) is 24.1 Å². The maximum absolute atomic E-state index is 13.4. The normalized spacial score (nSPS) is 17.4. The highest BCUT2D eigenvalue weighted by molar-refractivity contribution is 8.18. The molecule has 4 rings (SSSR count). The van der Waals surface area contributed by atoms with Crippen molar-refractivity contribution in [3.63, 3.8) is 0 Å². The lowest BCUT2D eigenvalue weighted by molar-refractivity contribution is -0.123. The van der Waals surface area contributed by atoms with Gasteiger partial charge in [0.2, 0.25) is 0 Å². The molecule has 0 saturated carbocycles. The third-order valence-corrected chi connectivity index (χ3v) is 6.18. The highest BCUT2D eigenvalue weighted by atomic mass is 32.2. The fourth-order valence-corrected chi connectivity index (χ4v) is 4.49. The Bertz CT molecular complexity index is 1110. The van der Waals surface area contributed by atoms with E-state index in [1.54, 1.807) is 4.90 Å². The monoisotopic (exact) mass is 427 g/mol. The molecule has 31 heavy (non-hydrogen) atoms. The maximum Gasteiger partial charge on any atom is 0.267 e. The van der Waals surface area contributed by atoms with Crippen LogP contribution in [0.25, 0.3) is 6.08 Å². The maximum atomic E-state index is 13.4. The van der Waals surface area contributed by atoms with Gasteiger partial charge < -0.3 is 4.90 Å². The number of para-hydroxylation sites is 1. The summed E-state index contributed by atoms with van der Waals surface area (Å²) in [4.78, 5) is 22.8. The third-order valence-electron chi connectivity index (χ3n) is 5.19. The predicted octanol–water partition coefficient (Wildman–Crippen LogP) is 6.12. The molecule has 0 radical (unpaired) electrons. The van der Waals surface area contributed by atoms with Gasteiger partial charge in [0.25, 0.3) is 5.91 Å². The molecule has 0 spiro atoms. The van der Waals surface area contributed by atoms with Crippen molar-refractivity contribution < 1.29 is 4.79 Å². The van der Waals surface area contributed by atoms with Crippen LogP contribution in [-0.2, 0) is 4.79 Å². The molecule has 3 aromatic carbocycles. The molecule has 156 valence electrons. The quantitative estimate of drug-likeness (QED) is 0.460. The Balaban J connectivity index is 1.71. The molecular weight excluding hydrogens is 402 g/mol. The summed E-state index contributed by atoms with van der Waals surface area (Å²) in [5.41, 5.74) is 4.03. The number of thioether (sulfide) groups is 1. The van der Waals surface area contributed by atoms with Gasteiger partial charge in [-0.25, -0.2) is 4.99 Å². The summed E-state index contributed by atoms with van der Waals surface area (Å²) in [5, 5.41) is 0.698. The molecule has 3 aromatic rings. The zero-order valence-electron chi connectivity index (χ0n) is 17.9. The Kier molecular flexibility index (Phi) is 6.23. The largest absolute Gasteiger partial charge is 0.378 e. The lowest BCUT2D eigenvalue weighted by Gasteiger charge is -2.24. The molecule has 0 bridgehead atoms. The van der Waals surface area contributed by atoms with E-state index in [1.165, 1.54) is 11.8 Å². The van der Waals surface area contributed by atoms with Crippen LogP contribution >= 0.6 is 11.8 Å². The van der Waals surface area contributed by atoms with Crippen molar-refractivity contribution >= 4 is 40.3 Å². The van der Waals surface area contributed by atoms with Crippen molar-refractivity contribution in [1.82, 2.24) is 4.90 Å². The van der Waals surface area contributed by atoms with Crippen molar-refractivity contribution in [2.45, 2.75) is 13.0 Å². The number of nitrogens with zero attached hydrogens (tertiary/aromatic N) is 3. The SMILES string of the molecule is C[C@@H](c1ccccc1)N1C(=O)/C(=C\c2ccc(N(C)C)cc2)SC1=Nc1ccccc1. The predicted molar refractivity (Wildman–Crippen MR) is 132 cm³/mol. The second-order valence-electron chi connectivity index (χ2n) is 7.59. The van der Waals surface area contributed by atoms with Gasteiger partial charge in [0, 0.05) is 19.8 Å². The van der Waals surface area contributed by atoms with Crippen molar-refractivity contribution in [3.05, 3.63) is 101 Å². The highest BCUT2D eigenvalue weighted by Crippen LogP contribution is 2.39. The Labute approximate surface area is 187 Å². The van der Waals surface area contributed by atoms with Crippen molar-refractivity contribution in [1.29, 1.82) is 0 Å². The summed E-state index contributed by atoms with van der Waals surface area (Å²) < 4.78 is 0. The zero-order chi connectivity index (χ0) is 21.8. The van der Waals surface area contributed by atoms with E-state index >= 15 is 0 Å². The molecule has 1 atom stereocenters. The van der Waals surface area contributed by atoms with Crippen LogP contribution in [-0.4, -0.2) is 30.1 Å². The highest BCUT2D eigenvalue weighted by Gasteiger charge is 2.37. The Morgan fingerprint density at radius 1 is 0.903 bits per heavy atom. The van der Waals surface area contributed by atoms with Gasteiger partial charge in [-0.2, -0.15) is 0 Å². The van der Waals surface area contributed by atoms with Gasteiger partial charge >= 0.3 is 0 Å². The summed E-state index contributed by atoms with van der Waals surface area (Å²) in [5.74, 6) is -0.0206. The average Bonchev–Trinajstić information content (AvgIpc) is 3.09. The summed E-state index contributed by atoms with van der Waals surface area (Å²) in [6.07, 6.45) is 1.95. The molecule has 0 N–H and O–H groups in total. The van der Waals surface area contributed by atoms with Crippen LogP contribution in [0.3, 0.4) is 0 Å². The van der Waals surface area contributed by atoms with Crippen LogP contribution < -0.4 is 4.90 Å². The lowest BCUT2D eigenvalue weighted by atomic mass is 10.1. The second-order valence-corrected chi connectivity index (χ2v) is 8.60. The van der Waals surface area contributed by atoms with Gasteiger partial charge in [-0.15, -0.1) is 0 Å². The molecule has 0 unspecified atom stereocenters. The van der Waals surface area contributed by atoms with Crippen molar-refractivity contribution in [2.24, 2.45) is 4.99 Å². The number of hydrogen-bond donors (Lipinski definition) is 0. The van der Waals surface area contributed by atoms with Gasteiger partial charge in [-0.05, 0) is 60.2 Å². The lowest BCUT2D eigenvalue weighted by Crippen LogP contribution is -2.32. The smallest absolute Gasteiger partial charge is 0.267 e. The first-order chi connectivity index (χ1) is 15.0. The van der Waals surface area contributed by atoms with Crippen molar-refractivity contribution in [2.75, 3.05) is 19.0 Å². The first-order valence-corrected chi connectivity index (χ1v) is 11.0. The van der Waals surface area contributed by atoms with E-state index in [-0.39, 0.29) is 11.9 Å². The zero-order valence-corrected chi connectivity index (χ0v) is 18.7. The minimum Gasteiger partial charge on any atom is -0.378 e. The fraction of sp³-hybridized carbons (Fsp3) is 0.154. The minimum atomic E-state index is -0.120. The Morgan fingerprint density at radius 2 is 1.52 bits per heavy atom. The molecule has 1 fully saturated rings. The third kappa shape index (κ3) is 4.72. The van der Waals surface area contributed by atoms with Gasteiger partial charge in [-0.1, -0.05) is 60.7 Å². The van der Waals surface area contributed by atoms with Crippen LogP contribution in [0.5, 0.6) is 0 Å². The molecule has 0 aromatic heterocycles. The number of amides is 1. The number of carbonyl (C=O) groups is 1. The molecule has 1 saturated heterocycles. The molecular formula is C26H25N3OS. The molecule has 4 nitrogen and oxygen atoms in total. The van der Waals surface area contributed by atoms with Crippen molar-refractivity contribution in [3.8, 4) is 0 Å². The van der Waals surface area contributed by atoms with Gasteiger partial charge in [-0.3, -0.25) is 9.69 Å². The Morgan fingerprint density at radius 3 is 2.13 bits per heavy atom. The molecule has 1 aliphatic heterocycles. The Hall–Kier alpha value is -3.31. The standard InChI is InChI=1S/C26H25N3OS/c1-19(21-10-6-4-7-11-21)29-25(30)24(18-20-14-16-23(17-15-20)28(2)3)31-26(29)27-22-12-8-5-9-13-22/h4-19H,1-3H3/b24-18+,27-26?/t19-/m0/s1. The summed E-state index contributed by atoms with van der Waals surface area (Å²) in [6.45, 7) is 2.04. The average molecular weight is 428 g/mol. The molecule has 0 aliphatic carbocycles. The van der Waals surface area contributed by atoms with Gasteiger partial charge in [0.05, 0.1) is 16.6 Å². The summed E-state index contributed by atoms with van der Waals surface area (Å²) in [7, 11) is 4.03. The van der Waals surface area contributed by atoms with E-state index in [1.807, 2.05) is 99.9 Å². The number of hydrogen-bond acceptors (Lipinski definition) is 4. The number of rotatable bonds is 5. The van der Waals surface area contributed by atoms with Crippen LogP contribution in [0, 0.1) is 0 Å². The second kappa shape index (κ2) is 9.23. The number of benzene rings is 3. The summed E-state index contributed by atoms with van der Waals surface area (Å²) in [6, 6.07) is 27.9. The number of amidine groups is 1. The van der Waals surface area contributed by atoms with Crippen LogP contribution in [0.2, 0.25) is 0 Å². The van der Waals surface area contributed by atoms with E-state index < -0.39 is 0 Å². The summed E-state index contributed by atoms with van der Waals surface area (Å²) >= 11 is 1.43.